The molecule has 0 aliphatic carbocycles. The van der Waals surface area contributed by atoms with Crippen molar-refractivity contribution in [1.29, 1.82) is 0 Å². The van der Waals surface area contributed by atoms with Crippen molar-refractivity contribution in [2.24, 2.45) is 0 Å². The Kier molecular flexibility index (Phi) is 2.11. The summed E-state index contributed by atoms with van der Waals surface area (Å²) in [6.45, 7) is 2.65. The zero-order valence-electron chi connectivity index (χ0n) is 8.85. The summed E-state index contributed by atoms with van der Waals surface area (Å²) in [5.74, 6) is 0.602. The van der Waals surface area contributed by atoms with Crippen molar-refractivity contribution in [3.05, 3.63) is 30.2 Å². The molecule has 0 amide bonds. The van der Waals surface area contributed by atoms with Crippen LogP contribution >= 0.6 is 0 Å². The van der Waals surface area contributed by atoms with Gasteiger partial charge in [-0.2, -0.15) is 5.10 Å². The highest BCUT2D eigenvalue weighted by atomic mass is 15.3. The molecule has 3 heterocycles. The van der Waals surface area contributed by atoms with Gasteiger partial charge in [-0.15, -0.1) is 0 Å². The van der Waals surface area contributed by atoms with E-state index in [1.165, 1.54) is 0 Å². The Labute approximate surface area is 93.3 Å². The van der Waals surface area contributed by atoms with Crippen LogP contribution < -0.4 is 11.1 Å². The summed E-state index contributed by atoms with van der Waals surface area (Å²) in [5.41, 5.74) is 9.25. The summed E-state index contributed by atoms with van der Waals surface area (Å²) in [4.78, 5) is 4.01. The summed E-state index contributed by atoms with van der Waals surface area (Å²) in [5, 5.41) is 7.69. The molecule has 0 aromatic carbocycles. The number of hydrogen-bond donors (Lipinski definition) is 2. The SMILES string of the molecule is Nc1nn2c(c1-c1ccncc1)CNCC2. The molecule has 16 heavy (non-hydrogen) atoms. The van der Waals surface area contributed by atoms with Gasteiger partial charge < -0.3 is 11.1 Å². The van der Waals surface area contributed by atoms with Gasteiger partial charge in [-0.25, -0.2) is 0 Å². The highest BCUT2D eigenvalue weighted by Gasteiger charge is 2.19. The molecule has 0 radical (unpaired) electrons. The van der Waals surface area contributed by atoms with E-state index < -0.39 is 0 Å². The van der Waals surface area contributed by atoms with E-state index in [9.17, 15) is 0 Å². The second-order valence-electron chi connectivity index (χ2n) is 3.84. The van der Waals surface area contributed by atoms with Crippen molar-refractivity contribution in [1.82, 2.24) is 20.1 Å². The lowest BCUT2D eigenvalue weighted by molar-refractivity contribution is 0.477. The van der Waals surface area contributed by atoms with Crippen molar-refractivity contribution in [2.45, 2.75) is 13.1 Å². The summed E-state index contributed by atoms with van der Waals surface area (Å²) in [6, 6.07) is 3.92. The number of fused-ring (bicyclic) bond motifs is 1. The molecule has 0 spiro atoms. The lowest BCUT2D eigenvalue weighted by atomic mass is 10.1. The molecule has 0 saturated heterocycles. The molecule has 0 atom stereocenters. The number of aromatic nitrogens is 3. The maximum atomic E-state index is 5.97. The van der Waals surface area contributed by atoms with Crippen molar-refractivity contribution in [3.8, 4) is 11.1 Å². The minimum atomic E-state index is 0.602. The monoisotopic (exact) mass is 215 g/mol. The molecule has 5 nitrogen and oxygen atoms in total. The zero-order valence-corrected chi connectivity index (χ0v) is 8.85. The Hall–Kier alpha value is -1.88. The van der Waals surface area contributed by atoms with E-state index in [4.69, 9.17) is 5.73 Å². The topological polar surface area (TPSA) is 68.8 Å². The van der Waals surface area contributed by atoms with Crippen LogP contribution in [0.15, 0.2) is 24.5 Å². The van der Waals surface area contributed by atoms with Crippen LogP contribution in [0.4, 0.5) is 5.82 Å². The average Bonchev–Trinajstić information content (AvgIpc) is 2.66. The number of hydrogen-bond acceptors (Lipinski definition) is 4. The third-order valence-corrected chi connectivity index (χ3v) is 2.85. The van der Waals surface area contributed by atoms with E-state index in [1.54, 1.807) is 12.4 Å². The van der Waals surface area contributed by atoms with E-state index in [0.717, 1.165) is 36.5 Å². The number of anilines is 1. The van der Waals surface area contributed by atoms with Crippen LogP contribution in [0.25, 0.3) is 11.1 Å². The predicted octanol–water partition coefficient (Wildman–Crippen LogP) is 0.630. The van der Waals surface area contributed by atoms with E-state index in [0.29, 0.717) is 5.82 Å². The molecule has 0 saturated carbocycles. The lowest BCUT2D eigenvalue weighted by Gasteiger charge is -2.15. The molecule has 3 rings (SSSR count). The van der Waals surface area contributed by atoms with Crippen molar-refractivity contribution >= 4 is 5.82 Å². The molecule has 0 fully saturated rings. The summed E-state index contributed by atoms with van der Waals surface area (Å²) >= 11 is 0. The van der Waals surface area contributed by atoms with E-state index >= 15 is 0 Å². The fourth-order valence-corrected chi connectivity index (χ4v) is 2.11. The minimum absolute atomic E-state index is 0.602. The van der Waals surface area contributed by atoms with Gasteiger partial charge in [0, 0.05) is 31.0 Å². The molecule has 1 aliphatic rings. The maximum Gasteiger partial charge on any atom is 0.153 e. The van der Waals surface area contributed by atoms with Crippen LogP contribution in [-0.2, 0) is 13.1 Å². The lowest BCUT2D eigenvalue weighted by Crippen LogP contribution is -2.28. The first-order chi connectivity index (χ1) is 7.86. The van der Waals surface area contributed by atoms with Crippen LogP contribution in [-0.4, -0.2) is 21.3 Å². The number of nitrogen functional groups attached to an aromatic ring is 1. The molecule has 0 unspecified atom stereocenters. The Morgan fingerprint density at radius 2 is 2.12 bits per heavy atom. The van der Waals surface area contributed by atoms with Crippen LogP contribution in [0, 0.1) is 0 Å². The van der Waals surface area contributed by atoms with Crippen LogP contribution in [0.2, 0.25) is 0 Å². The number of pyridine rings is 1. The standard InChI is InChI=1S/C11H13N5/c12-11-10(8-1-3-13-4-2-8)9-7-14-5-6-16(9)15-11/h1-4,14H,5-7H2,(H2,12,15). The van der Waals surface area contributed by atoms with Crippen molar-refractivity contribution in [2.75, 3.05) is 12.3 Å². The fraction of sp³-hybridized carbons (Fsp3) is 0.273. The van der Waals surface area contributed by atoms with Gasteiger partial charge in [0.1, 0.15) is 0 Å². The highest BCUT2D eigenvalue weighted by Crippen LogP contribution is 2.29. The largest absolute Gasteiger partial charge is 0.382 e. The highest BCUT2D eigenvalue weighted by molar-refractivity contribution is 5.76. The second kappa shape index (κ2) is 3.61. The Balaban J connectivity index is 2.17. The number of nitrogens with one attached hydrogen (secondary N) is 1. The first-order valence-corrected chi connectivity index (χ1v) is 5.32. The average molecular weight is 215 g/mol. The first kappa shape index (κ1) is 9.35. The van der Waals surface area contributed by atoms with Gasteiger partial charge in [0.05, 0.1) is 12.2 Å². The van der Waals surface area contributed by atoms with Gasteiger partial charge in [0.25, 0.3) is 0 Å². The van der Waals surface area contributed by atoms with Crippen molar-refractivity contribution in [3.63, 3.8) is 0 Å². The third-order valence-electron chi connectivity index (χ3n) is 2.85. The molecule has 82 valence electrons. The second-order valence-corrected chi connectivity index (χ2v) is 3.84. The smallest absolute Gasteiger partial charge is 0.153 e. The summed E-state index contributed by atoms with van der Waals surface area (Å²) < 4.78 is 1.99. The summed E-state index contributed by atoms with van der Waals surface area (Å²) in [7, 11) is 0. The first-order valence-electron chi connectivity index (χ1n) is 5.32. The fourth-order valence-electron chi connectivity index (χ4n) is 2.11. The Bertz CT molecular complexity index is 503. The van der Waals surface area contributed by atoms with E-state index in [1.807, 2.05) is 16.8 Å². The molecule has 0 bridgehead atoms. The molecule has 2 aromatic rings. The molecular formula is C11H13N5. The van der Waals surface area contributed by atoms with Crippen LogP contribution in [0.1, 0.15) is 5.69 Å². The maximum absolute atomic E-state index is 5.97. The normalized spacial score (nSPS) is 14.8. The van der Waals surface area contributed by atoms with Crippen LogP contribution in [0.5, 0.6) is 0 Å². The van der Waals surface area contributed by atoms with Gasteiger partial charge in [0.2, 0.25) is 0 Å². The summed E-state index contributed by atoms with van der Waals surface area (Å²) in [6.07, 6.45) is 3.55. The predicted molar refractivity (Wildman–Crippen MR) is 61.6 cm³/mol. The zero-order chi connectivity index (χ0) is 11.0. The van der Waals surface area contributed by atoms with E-state index in [2.05, 4.69) is 15.4 Å². The van der Waals surface area contributed by atoms with Gasteiger partial charge in [-0.3, -0.25) is 9.67 Å². The number of rotatable bonds is 1. The Morgan fingerprint density at radius 3 is 2.94 bits per heavy atom. The molecule has 3 N–H and O–H groups in total. The minimum Gasteiger partial charge on any atom is -0.382 e. The molecule has 1 aliphatic heterocycles. The third kappa shape index (κ3) is 1.37. The number of nitrogens with zero attached hydrogens (tertiary/aromatic N) is 3. The van der Waals surface area contributed by atoms with Gasteiger partial charge >= 0.3 is 0 Å². The molecule has 5 heteroatoms. The van der Waals surface area contributed by atoms with Crippen molar-refractivity contribution < 1.29 is 0 Å². The van der Waals surface area contributed by atoms with E-state index in [-0.39, 0.29) is 0 Å². The number of nitrogens with two attached hydrogens (primary N) is 1. The van der Waals surface area contributed by atoms with Gasteiger partial charge in [-0.1, -0.05) is 0 Å². The van der Waals surface area contributed by atoms with Gasteiger partial charge in [0.15, 0.2) is 5.82 Å². The van der Waals surface area contributed by atoms with Crippen LogP contribution in [0.3, 0.4) is 0 Å². The quantitative estimate of drug-likeness (QED) is 0.732. The Morgan fingerprint density at radius 1 is 1.31 bits per heavy atom. The van der Waals surface area contributed by atoms with Gasteiger partial charge in [-0.05, 0) is 17.7 Å². The molecule has 2 aromatic heterocycles. The molecular weight excluding hydrogens is 202 g/mol.